The Morgan fingerprint density at radius 3 is 2.50 bits per heavy atom. The maximum Gasteiger partial charge on any atom is 0.0675 e. The number of ether oxygens (including phenoxy) is 1. The van der Waals surface area contributed by atoms with Crippen molar-refractivity contribution in [2.24, 2.45) is 5.73 Å². The molecule has 0 aromatic heterocycles. The largest absolute Gasteiger partial charge is 0.378 e. The van der Waals surface area contributed by atoms with Gasteiger partial charge in [-0.1, -0.05) is 12.1 Å². The normalized spacial score (nSPS) is 25.4. The van der Waals surface area contributed by atoms with Crippen LogP contribution in [0.5, 0.6) is 0 Å². The smallest absolute Gasteiger partial charge is 0.0675 e. The van der Waals surface area contributed by atoms with Gasteiger partial charge in [0.1, 0.15) is 0 Å². The Morgan fingerprint density at radius 1 is 1.30 bits per heavy atom. The van der Waals surface area contributed by atoms with E-state index < -0.39 is 0 Å². The predicted molar refractivity (Wildman–Crippen MR) is 84.1 cm³/mol. The van der Waals surface area contributed by atoms with Crippen LogP contribution in [0, 0.1) is 0 Å². The Kier molecular flexibility index (Phi) is 5.02. The quantitative estimate of drug-likeness (QED) is 0.912. The number of morpholine rings is 1. The molecule has 1 aromatic rings. The summed E-state index contributed by atoms with van der Waals surface area (Å²) in [4.78, 5) is 4.58. The van der Waals surface area contributed by atoms with E-state index in [0.29, 0.717) is 12.6 Å². The molecule has 112 valence electrons. The fourth-order valence-electron chi connectivity index (χ4n) is 2.82. The summed E-state index contributed by atoms with van der Waals surface area (Å²) in [5.41, 5.74) is 8.55. The molecule has 0 radical (unpaired) electrons. The van der Waals surface area contributed by atoms with Gasteiger partial charge in [0.2, 0.25) is 0 Å². The lowest BCUT2D eigenvalue weighted by Gasteiger charge is -2.41. The van der Waals surface area contributed by atoms with E-state index in [1.807, 2.05) is 0 Å². The number of rotatable bonds is 4. The number of nitrogens with two attached hydrogens (primary N) is 1. The highest BCUT2D eigenvalue weighted by molar-refractivity contribution is 5.46. The minimum Gasteiger partial charge on any atom is -0.378 e. The predicted octanol–water partition coefficient (Wildman–Crippen LogP) is 1.86. The standard InChI is InChI=1S/C16H27N3O/c1-12-11-20-13(2)10-19(12)16(9-17)14-5-7-15(8-6-14)18(3)4/h5-8,12-13,16H,9-11,17H2,1-4H3. The van der Waals surface area contributed by atoms with Gasteiger partial charge in [-0.2, -0.15) is 0 Å². The summed E-state index contributed by atoms with van der Waals surface area (Å²) in [6.45, 7) is 6.70. The van der Waals surface area contributed by atoms with Gasteiger partial charge in [0.25, 0.3) is 0 Å². The highest BCUT2D eigenvalue weighted by atomic mass is 16.5. The third-order valence-electron chi connectivity index (χ3n) is 4.07. The molecule has 3 unspecified atom stereocenters. The zero-order valence-corrected chi connectivity index (χ0v) is 13.0. The average molecular weight is 277 g/mol. The summed E-state index contributed by atoms with van der Waals surface area (Å²) in [7, 11) is 4.11. The van der Waals surface area contributed by atoms with E-state index >= 15 is 0 Å². The summed E-state index contributed by atoms with van der Waals surface area (Å²) in [6.07, 6.45) is 0.279. The second kappa shape index (κ2) is 6.57. The number of anilines is 1. The summed E-state index contributed by atoms with van der Waals surface area (Å²) < 4.78 is 5.71. The van der Waals surface area contributed by atoms with Crippen LogP contribution in [-0.4, -0.2) is 50.8 Å². The van der Waals surface area contributed by atoms with Crippen LogP contribution in [-0.2, 0) is 4.74 Å². The van der Waals surface area contributed by atoms with Crippen LogP contribution in [0.4, 0.5) is 5.69 Å². The highest BCUT2D eigenvalue weighted by Gasteiger charge is 2.29. The van der Waals surface area contributed by atoms with Crippen LogP contribution in [0.2, 0.25) is 0 Å². The Labute approximate surface area is 122 Å². The van der Waals surface area contributed by atoms with Crippen molar-refractivity contribution in [2.45, 2.75) is 32.0 Å². The van der Waals surface area contributed by atoms with E-state index in [1.54, 1.807) is 0 Å². The number of hydrogen-bond donors (Lipinski definition) is 1. The first kappa shape index (κ1) is 15.3. The van der Waals surface area contributed by atoms with Gasteiger partial charge in [-0.25, -0.2) is 0 Å². The fraction of sp³-hybridized carbons (Fsp3) is 0.625. The Bertz CT molecular complexity index is 418. The molecule has 0 spiro atoms. The van der Waals surface area contributed by atoms with Crippen LogP contribution < -0.4 is 10.6 Å². The van der Waals surface area contributed by atoms with Gasteiger partial charge in [0.15, 0.2) is 0 Å². The second-order valence-electron chi connectivity index (χ2n) is 5.93. The summed E-state index contributed by atoms with van der Waals surface area (Å²) in [5.74, 6) is 0. The lowest BCUT2D eigenvalue weighted by molar-refractivity contribution is -0.0653. The van der Waals surface area contributed by atoms with Crippen molar-refractivity contribution in [1.29, 1.82) is 0 Å². The Balaban J connectivity index is 2.18. The minimum absolute atomic E-state index is 0.271. The van der Waals surface area contributed by atoms with Crippen LogP contribution in [0.15, 0.2) is 24.3 Å². The molecule has 0 aliphatic carbocycles. The molecular weight excluding hydrogens is 250 g/mol. The molecule has 0 amide bonds. The van der Waals surface area contributed by atoms with E-state index in [9.17, 15) is 0 Å². The molecular formula is C16H27N3O. The van der Waals surface area contributed by atoms with E-state index in [0.717, 1.165) is 13.2 Å². The fourth-order valence-corrected chi connectivity index (χ4v) is 2.82. The monoisotopic (exact) mass is 277 g/mol. The summed E-state index contributed by atoms with van der Waals surface area (Å²) in [5, 5.41) is 0. The molecule has 1 aromatic carbocycles. The van der Waals surface area contributed by atoms with Crippen molar-refractivity contribution in [3.63, 3.8) is 0 Å². The molecule has 1 aliphatic rings. The molecule has 1 aliphatic heterocycles. The topological polar surface area (TPSA) is 41.7 Å². The van der Waals surface area contributed by atoms with Gasteiger partial charge >= 0.3 is 0 Å². The van der Waals surface area contributed by atoms with E-state index in [-0.39, 0.29) is 12.1 Å². The first-order valence-electron chi connectivity index (χ1n) is 7.37. The van der Waals surface area contributed by atoms with Crippen molar-refractivity contribution in [3.8, 4) is 0 Å². The molecule has 0 saturated carbocycles. The van der Waals surface area contributed by atoms with Gasteiger partial charge < -0.3 is 15.4 Å². The van der Waals surface area contributed by atoms with Gasteiger partial charge in [0, 0.05) is 45.0 Å². The van der Waals surface area contributed by atoms with E-state index in [2.05, 4.69) is 62.0 Å². The molecule has 1 saturated heterocycles. The van der Waals surface area contributed by atoms with Gasteiger partial charge in [-0.3, -0.25) is 4.90 Å². The summed E-state index contributed by atoms with van der Waals surface area (Å²) in [6, 6.07) is 9.39. The van der Waals surface area contributed by atoms with Crippen molar-refractivity contribution in [2.75, 3.05) is 38.7 Å². The van der Waals surface area contributed by atoms with Crippen molar-refractivity contribution >= 4 is 5.69 Å². The lowest BCUT2D eigenvalue weighted by atomic mass is 10.0. The van der Waals surface area contributed by atoms with Crippen molar-refractivity contribution < 1.29 is 4.74 Å². The molecule has 4 heteroatoms. The first-order chi connectivity index (χ1) is 9.52. The maximum atomic E-state index is 6.05. The molecule has 20 heavy (non-hydrogen) atoms. The molecule has 3 atom stereocenters. The van der Waals surface area contributed by atoms with E-state index in [1.165, 1.54) is 11.3 Å². The average Bonchev–Trinajstić information content (AvgIpc) is 2.44. The van der Waals surface area contributed by atoms with Crippen molar-refractivity contribution in [3.05, 3.63) is 29.8 Å². The molecule has 1 heterocycles. The van der Waals surface area contributed by atoms with Crippen LogP contribution in [0.25, 0.3) is 0 Å². The zero-order valence-electron chi connectivity index (χ0n) is 13.0. The zero-order chi connectivity index (χ0) is 14.7. The number of nitrogens with zero attached hydrogens (tertiary/aromatic N) is 2. The molecule has 2 N–H and O–H groups in total. The lowest BCUT2D eigenvalue weighted by Crippen LogP contribution is -2.50. The number of hydrogen-bond acceptors (Lipinski definition) is 4. The van der Waals surface area contributed by atoms with Crippen LogP contribution in [0.3, 0.4) is 0 Å². The maximum absolute atomic E-state index is 6.05. The molecule has 4 nitrogen and oxygen atoms in total. The third-order valence-corrected chi connectivity index (χ3v) is 4.07. The summed E-state index contributed by atoms with van der Waals surface area (Å²) >= 11 is 0. The first-order valence-corrected chi connectivity index (χ1v) is 7.37. The van der Waals surface area contributed by atoms with Gasteiger partial charge in [0.05, 0.1) is 12.7 Å². The SMILES string of the molecule is CC1CN(C(CN)c2ccc(N(C)C)cc2)C(C)CO1. The van der Waals surface area contributed by atoms with Crippen LogP contribution in [0.1, 0.15) is 25.5 Å². The van der Waals surface area contributed by atoms with E-state index in [4.69, 9.17) is 10.5 Å². The molecule has 1 fully saturated rings. The molecule has 2 rings (SSSR count). The Hall–Kier alpha value is -1.10. The molecule has 0 bridgehead atoms. The van der Waals surface area contributed by atoms with Crippen LogP contribution >= 0.6 is 0 Å². The minimum atomic E-state index is 0.271. The third kappa shape index (κ3) is 3.32. The highest BCUT2D eigenvalue weighted by Crippen LogP contribution is 2.27. The second-order valence-corrected chi connectivity index (χ2v) is 5.93. The van der Waals surface area contributed by atoms with Gasteiger partial charge in [-0.15, -0.1) is 0 Å². The van der Waals surface area contributed by atoms with Crippen molar-refractivity contribution in [1.82, 2.24) is 4.90 Å². The number of benzene rings is 1. The van der Waals surface area contributed by atoms with Gasteiger partial charge in [-0.05, 0) is 31.5 Å². The Morgan fingerprint density at radius 2 is 1.95 bits per heavy atom.